The monoisotopic (exact) mass is 351 g/mol. The van der Waals surface area contributed by atoms with Crippen LogP contribution in [0.25, 0.3) is 11.1 Å². The van der Waals surface area contributed by atoms with E-state index in [4.69, 9.17) is 4.42 Å². The van der Waals surface area contributed by atoms with Gasteiger partial charge in [0.15, 0.2) is 11.5 Å². The number of carbonyl (C=O) groups excluding carboxylic acids is 1. The first kappa shape index (κ1) is 15.5. The van der Waals surface area contributed by atoms with E-state index >= 15 is 0 Å². The number of hydrogen-bond donors (Lipinski definition) is 0. The summed E-state index contributed by atoms with van der Waals surface area (Å²) in [5, 5.41) is 8.37. The topological polar surface area (TPSA) is 77.1 Å². The Labute approximate surface area is 151 Å². The van der Waals surface area contributed by atoms with Gasteiger partial charge in [0.05, 0.1) is 0 Å². The molecular weight excluding hydrogens is 330 g/mol. The van der Waals surface area contributed by atoms with E-state index < -0.39 is 0 Å². The highest BCUT2D eigenvalue weighted by Gasteiger charge is 2.30. The summed E-state index contributed by atoms with van der Waals surface area (Å²) in [6.07, 6.45) is 4.85. The average Bonchev–Trinajstić information content (AvgIpc) is 3.32. The number of benzene rings is 1. The lowest BCUT2D eigenvalue weighted by Gasteiger charge is -2.30. The molecule has 0 aliphatic carbocycles. The smallest absolute Gasteiger partial charge is 0.291 e. The molecule has 2 aliphatic heterocycles. The molecule has 0 saturated carbocycles. The third-order valence-electron chi connectivity index (χ3n) is 5.49. The molecule has 0 unspecified atom stereocenters. The molecule has 7 heteroatoms. The van der Waals surface area contributed by atoms with Gasteiger partial charge in [0.2, 0.25) is 5.82 Å². The molecule has 0 bridgehead atoms. The molecule has 1 aromatic carbocycles. The summed E-state index contributed by atoms with van der Waals surface area (Å²) < 4.78 is 7.91. The molecule has 5 rings (SSSR count). The van der Waals surface area contributed by atoms with Gasteiger partial charge in [-0.25, -0.2) is 4.98 Å². The molecule has 7 nitrogen and oxygen atoms in total. The van der Waals surface area contributed by atoms with E-state index in [9.17, 15) is 4.79 Å². The van der Waals surface area contributed by atoms with Gasteiger partial charge in [0.25, 0.3) is 5.91 Å². The van der Waals surface area contributed by atoms with Crippen molar-refractivity contribution in [1.29, 1.82) is 0 Å². The van der Waals surface area contributed by atoms with Crippen molar-refractivity contribution in [3.05, 3.63) is 41.8 Å². The van der Waals surface area contributed by atoms with Crippen LogP contribution in [0.15, 0.2) is 28.7 Å². The lowest BCUT2D eigenvalue weighted by molar-refractivity contribution is 0.0687. The predicted octanol–water partition coefficient (Wildman–Crippen LogP) is 2.78. The van der Waals surface area contributed by atoms with Gasteiger partial charge in [0.1, 0.15) is 11.3 Å². The number of amides is 1. The first-order chi connectivity index (χ1) is 12.8. The molecule has 2 aromatic heterocycles. The minimum atomic E-state index is 0.00154. The molecule has 0 spiro atoms. The van der Waals surface area contributed by atoms with Gasteiger partial charge in [-0.3, -0.25) is 4.79 Å². The number of carbonyl (C=O) groups is 1. The number of hydrogen-bond acceptors (Lipinski definition) is 5. The molecule has 26 heavy (non-hydrogen) atoms. The molecule has 2 aliphatic rings. The number of aryl methyl sites for hydroxylation is 1. The van der Waals surface area contributed by atoms with Crippen LogP contribution in [0.1, 0.15) is 53.9 Å². The van der Waals surface area contributed by atoms with Crippen LogP contribution in [0.3, 0.4) is 0 Å². The third kappa shape index (κ3) is 2.58. The fourth-order valence-electron chi connectivity index (χ4n) is 4.00. The Hall–Kier alpha value is -2.70. The van der Waals surface area contributed by atoms with Crippen LogP contribution in [0, 0.1) is 0 Å². The number of rotatable bonds is 2. The third-order valence-corrected chi connectivity index (χ3v) is 5.49. The van der Waals surface area contributed by atoms with E-state index in [1.165, 1.54) is 0 Å². The van der Waals surface area contributed by atoms with Crippen LogP contribution in [0.2, 0.25) is 0 Å². The highest BCUT2D eigenvalue weighted by molar-refractivity contribution is 5.90. The second-order valence-electron chi connectivity index (χ2n) is 7.13. The van der Waals surface area contributed by atoms with E-state index in [0.717, 1.165) is 61.5 Å². The SMILES string of the molecule is O=C(c1nnc2n1CCCC2)N1CCC(c2nc3ccccc3o2)CC1. The maximum Gasteiger partial charge on any atom is 0.291 e. The zero-order valence-corrected chi connectivity index (χ0v) is 14.6. The second kappa shape index (κ2) is 6.23. The Morgan fingerprint density at radius 3 is 2.77 bits per heavy atom. The Morgan fingerprint density at radius 1 is 1.08 bits per heavy atom. The minimum Gasteiger partial charge on any atom is -0.440 e. The quantitative estimate of drug-likeness (QED) is 0.709. The summed E-state index contributed by atoms with van der Waals surface area (Å²) in [5.41, 5.74) is 1.73. The number of fused-ring (bicyclic) bond motifs is 2. The lowest BCUT2D eigenvalue weighted by atomic mass is 9.96. The summed E-state index contributed by atoms with van der Waals surface area (Å²) in [5.74, 6) is 2.50. The second-order valence-corrected chi connectivity index (χ2v) is 7.13. The first-order valence-electron chi connectivity index (χ1n) is 9.36. The van der Waals surface area contributed by atoms with Crippen LogP contribution in [0.4, 0.5) is 0 Å². The van der Waals surface area contributed by atoms with Gasteiger partial charge in [-0.15, -0.1) is 10.2 Å². The largest absolute Gasteiger partial charge is 0.440 e. The van der Waals surface area contributed by atoms with Crippen molar-refractivity contribution in [1.82, 2.24) is 24.6 Å². The molecular formula is C19H21N5O2. The first-order valence-corrected chi connectivity index (χ1v) is 9.36. The summed E-state index contributed by atoms with van der Waals surface area (Å²) in [6.45, 7) is 2.25. The van der Waals surface area contributed by atoms with Crippen LogP contribution < -0.4 is 0 Å². The number of oxazole rings is 1. The number of nitrogens with zero attached hydrogens (tertiary/aromatic N) is 5. The molecule has 0 radical (unpaired) electrons. The average molecular weight is 351 g/mol. The maximum atomic E-state index is 12.9. The Bertz CT molecular complexity index is 919. The number of likely N-dealkylation sites (tertiary alicyclic amines) is 1. The van der Waals surface area contributed by atoms with E-state index in [1.807, 2.05) is 33.7 Å². The normalized spacial score (nSPS) is 18.2. The van der Waals surface area contributed by atoms with E-state index in [0.29, 0.717) is 18.9 Å². The predicted molar refractivity (Wildman–Crippen MR) is 94.8 cm³/mol. The van der Waals surface area contributed by atoms with Crippen molar-refractivity contribution in [3.63, 3.8) is 0 Å². The number of piperidine rings is 1. The van der Waals surface area contributed by atoms with Crippen LogP contribution in [0.5, 0.6) is 0 Å². The van der Waals surface area contributed by atoms with E-state index in [2.05, 4.69) is 15.2 Å². The van der Waals surface area contributed by atoms with Crippen molar-refractivity contribution < 1.29 is 9.21 Å². The van der Waals surface area contributed by atoms with Crippen LogP contribution in [-0.2, 0) is 13.0 Å². The highest BCUT2D eigenvalue weighted by Crippen LogP contribution is 2.30. The van der Waals surface area contributed by atoms with Crippen molar-refractivity contribution >= 4 is 17.0 Å². The van der Waals surface area contributed by atoms with Gasteiger partial charge in [0, 0.05) is 32.0 Å². The zero-order valence-electron chi connectivity index (χ0n) is 14.6. The van der Waals surface area contributed by atoms with Crippen molar-refractivity contribution in [2.24, 2.45) is 0 Å². The summed E-state index contributed by atoms with van der Waals surface area (Å²) in [6, 6.07) is 7.83. The van der Waals surface area contributed by atoms with Gasteiger partial charge in [-0.2, -0.15) is 0 Å². The van der Waals surface area contributed by atoms with Gasteiger partial charge < -0.3 is 13.9 Å². The maximum absolute atomic E-state index is 12.9. The summed E-state index contributed by atoms with van der Waals surface area (Å²) in [4.78, 5) is 19.4. The van der Waals surface area contributed by atoms with Gasteiger partial charge in [-0.05, 0) is 37.8 Å². The van der Waals surface area contributed by atoms with Gasteiger partial charge in [-0.1, -0.05) is 12.1 Å². The van der Waals surface area contributed by atoms with Crippen molar-refractivity contribution in [3.8, 4) is 0 Å². The lowest BCUT2D eigenvalue weighted by Crippen LogP contribution is -2.39. The van der Waals surface area contributed by atoms with Crippen molar-refractivity contribution in [2.45, 2.75) is 44.6 Å². The Morgan fingerprint density at radius 2 is 1.92 bits per heavy atom. The van der Waals surface area contributed by atoms with E-state index in [1.54, 1.807) is 0 Å². The molecule has 1 saturated heterocycles. The molecule has 1 fully saturated rings. The van der Waals surface area contributed by atoms with Crippen molar-refractivity contribution in [2.75, 3.05) is 13.1 Å². The summed E-state index contributed by atoms with van der Waals surface area (Å²) >= 11 is 0. The minimum absolute atomic E-state index is 0.00154. The van der Waals surface area contributed by atoms with Crippen LogP contribution >= 0.6 is 0 Å². The number of para-hydroxylation sites is 2. The van der Waals surface area contributed by atoms with E-state index in [-0.39, 0.29) is 11.8 Å². The molecule has 1 amide bonds. The van der Waals surface area contributed by atoms with Crippen LogP contribution in [-0.4, -0.2) is 43.6 Å². The molecule has 4 heterocycles. The summed E-state index contributed by atoms with van der Waals surface area (Å²) in [7, 11) is 0. The molecule has 3 aromatic rings. The fourth-order valence-corrected chi connectivity index (χ4v) is 4.00. The molecule has 0 atom stereocenters. The fraction of sp³-hybridized carbons (Fsp3) is 0.474. The highest BCUT2D eigenvalue weighted by atomic mass is 16.3. The number of aromatic nitrogens is 4. The van der Waals surface area contributed by atoms with Gasteiger partial charge >= 0.3 is 0 Å². The Kier molecular flexibility index (Phi) is 3.72. The Balaban J connectivity index is 1.29. The zero-order chi connectivity index (χ0) is 17.5. The molecule has 134 valence electrons. The standard InChI is InChI=1S/C19H21N5O2/c25-19(17-22-21-16-7-3-4-10-24(16)17)23-11-8-13(9-12-23)18-20-14-5-1-2-6-15(14)26-18/h1-2,5-6,13H,3-4,7-12H2. The molecule has 0 N–H and O–H groups in total.